The molecule has 1 fully saturated rings. The molecule has 2 aromatic rings. The first-order valence-electron chi connectivity index (χ1n) is 9.35. The second-order valence-electron chi connectivity index (χ2n) is 7.04. The first-order valence-corrected chi connectivity index (χ1v) is 10.9. The minimum absolute atomic E-state index is 0.306. The van der Waals surface area contributed by atoms with Crippen LogP contribution in [0.3, 0.4) is 0 Å². The molecule has 4 rings (SSSR count). The van der Waals surface area contributed by atoms with Crippen LogP contribution in [0.4, 0.5) is 10.5 Å². The zero-order valence-corrected chi connectivity index (χ0v) is 16.2. The highest BCUT2D eigenvalue weighted by atomic mass is 32.2. The summed E-state index contributed by atoms with van der Waals surface area (Å²) in [5.41, 5.74) is 2.83. The van der Waals surface area contributed by atoms with E-state index < -0.39 is 21.3 Å². The lowest BCUT2D eigenvalue weighted by atomic mass is 9.97. The number of benzene rings is 2. The van der Waals surface area contributed by atoms with E-state index in [1.165, 1.54) is 4.90 Å². The van der Waals surface area contributed by atoms with Gasteiger partial charge in [-0.3, -0.25) is 5.32 Å². The van der Waals surface area contributed by atoms with E-state index in [4.69, 9.17) is 5.11 Å². The number of nitrogens with one attached hydrogen (secondary N) is 1. The number of sulfone groups is 1. The van der Waals surface area contributed by atoms with E-state index in [0.717, 1.165) is 23.2 Å². The van der Waals surface area contributed by atoms with Crippen molar-refractivity contribution in [1.29, 1.82) is 0 Å². The van der Waals surface area contributed by atoms with E-state index >= 15 is 0 Å². The summed E-state index contributed by atoms with van der Waals surface area (Å²) in [4.78, 5) is 15.0. The van der Waals surface area contributed by atoms with Crippen molar-refractivity contribution in [1.82, 2.24) is 10.2 Å². The van der Waals surface area contributed by atoms with Gasteiger partial charge >= 0.3 is 6.09 Å². The second kappa shape index (κ2) is 7.44. The fraction of sp³-hybridized carbons (Fsp3) is 0.350. The van der Waals surface area contributed by atoms with Crippen molar-refractivity contribution in [2.45, 2.75) is 16.7 Å². The lowest BCUT2D eigenvalue weighted by molar-refractivity contribution is 0.142. The summed E-state index contributed by atoms with van der Waals surface area (Å²) in [7, 11) is -3.56. The average Bonchev–Trinajstić information content (AvgIpc) is 2.73. The summed E-state index contributed by atoms with van der Waals surface area (Å²) in [5.74, 6) is 0. The van der Waals surface area contributed by atoms with Crippen molar-refractivity contribution in [3.05, 3.63) is 59.7 Å². The molecule has 148 valence electrons. The van der Waals surface area contributed by atoms with Gasteiger partial charge in [-0.05, 0) is 35.7 Å². The van der Waals surface area contributed by atoms with E-state index in [9.17, 15) is 13.2 Å². The monoisotopic (exact) mass is 401 g/mol. The number of amides is 1. The van der Waals surface area contributed by atoms with Gasteiger partial charge in [0, 0.05) is 38.4 Å². The van der Waals surface area contributed by atoms with E-state index in [1.807, 2.05) is 18.2 Å². The normalized spacial score (nSPS) is 19.9. The molecule has 2 heterocycles. The molecule has 0 aromatic heterocycles. The van der Waals surface area contributed by atoms with Crippen molar-refractivity contribution < 1.29 is 18.3 Å². The molecule has 2 aliphatic rings. The standard InChI is InChI=1S/C20H23N3O4S/c24-20(25)23-13-11-22(12-14-23)18-8-4-7-17-16(18)9-10-21-19(17)28(26,27)15-5-2-1-3-6-15/h1-8,19,21H,9-14H2,(H,24,25). The van der Waals surface area contributed by atoms with E-state index in [-0.39, 0.29) is 0 Å². The summed E-state index contributed by atoms with van der Waals surface area (Å²) in [5, 5.41) is 11.5. The molecule has 0 saturated carbocycles. The van der Waals surface area contributed by atoms with Gasteiger partial charge in [-0.1, -0.05) is 30.3 Å². The number of carboxylic acid groups (broad SMARTS) is 1. The van der Waals surface area contributed by atoms with E-state index in [1.54, 1.807) is 30.3 Å². The molecule has 7 nitrogen and oxygen atoms in total. The molecule has 28 heavy (non-hydrogen) atoms. The maximum Gasteiger partial charge on any atom is 0.407 e. The van der Waals surface area contributed by atoms with Gasteiger partial charge in [0.2, 0.25) is 0 Å². The van der Waals surface area contributed by atoms with Gasteiger partial charge in [-0.15, -0.1) is 0 Å². The van der Waals surface area contributed by atoms with Gasteiger partial charge in [-0.25, -0.2) is 13.2 Å². The molecule has 1 amide bonds. The maximum absolute atomic E-state index is 13.2. The van der Waals surface area contributed by atoms with E-state index in [0.29, 0.717) is 37.6 Å². The summed E-state index contributed by atoms with van der Waals surface area (Å²) < 4.78 is 26.4. The number of nitrogens with zero attached hydrogens (tertiary/aromatic N) is 2. The van der Waals surface area contributed by atoms with Gasteiger partial charge in [0.25, 0.3) is 0 Å². The first kappa shape index (κ1) is 18.8. The van der Waals surface area contributed by atoms with Gasteiger partial charge in [0.05, 0.1) is 4.90 Å². The number of fused-ring (bicyclic) bond motifs is 1. The van der Waals surface area contributed by atoms with Crippen molar-refractivity contribution in [3.63, 3.8) is 0 Å². The molecule has 1 atom stereocenters. The molecule has 0 bridgehead atoms. The molecule has 1 unspecified atom stereocenters. The Bertz CT molecular complexity index is 970. The number of carbonyl (C=O) groups is 1. The molecule has 0 spiro atoms. The number of piperazine rings is 1. The number of hydrogen-bond donors (Lipinski definition) is 2. The molecule has 0 radical (unpaired) electrons. The fourth-order valence-corrected chi connectivity index (χ4v) is 5.71. The van der Waals surface area contributed by atoms with Crippen LogP contribution in [-0.4, -0.2) is 57.2 Å². The molecule has 2 aromatic carbocycles. The van der Waals surface area contributed by atoms with Crippen LogP contribution in [0.2, 0.25) is 0 Å². The Kier molecular flexibility index (Phi) is 4.99. The molecule has 2 aliphatic heterocycles. The summed E-state index contributed by atoms with van der Waals surface area (Å²) in [6, 6.07) is 14.3. The zero-order valence-electron chi connectivity index (χ0n) is 15.4. The Morgan fingerprint density at radius 1 is 1.00 bits per heavy atom. The zero-order chi connectivity index (χ0) is 19.7. The Hall–Kier alpha value is -2.58. The van der Waals surface area contributed by atoms with Crippen LogP contribution < -0.4 is 10.2 Å². The molecular formula is C20H23N3O4S. The number of rotatable bonds is 3. The lowest BCUT2D eigenvalue weighted by Crippen LogP contribution is -2.49. The topological polar surface area (TPSA) is 89.9 Å². The third kappa shape index (κ3) is 3.33. The smallest absolute Gasteiger partial charge is 0.407 e. The van der Waals surface area contributed by atoms with Crippen LogP contribution in [0.1, 0.15) is 16.5 Å². The van der Waals surface area contributed by atoms with Crippen molar-refractivity contribution in [2.75, 3.05) is 37.6 Å². The quantitative estimate of drug-likeness (QED) is 0.819. The van der Waals surface area contributed by atoms with Crippen LogP contribution in [-0.2, 0) is 16.3 Å². The second-order valence-corrected chi connectivity index (χ2v) is 9.08. The van der Waals surface area contributed by atoms with E-state index in [2.05, 4.69) is 10.2 Å². The summed E-state index contributed by atoms with van der Waals surface area (Å²) in [6.45, 7) is 2.68. The van der Waals surface area contributed by atoms with Crippen LogP contribution in [0.25, 0.3) is 0 Å². The first-order chi connectivity index (χ1) is 13.5. The van der Waals surface area contributed by atoms with Crippen molar-refractivity contribution in [3.8, 4) is 0 Å². The summed E-state index contributed by atoms with van der Waals surface area (Å²) >= 11 is 0. The Balaban J connectivity index is 1.67. The Morgan fingerprint density at radius 2 is 1.71 bits per heavy atom. The van der Waals surface area contributed by atoms with Crippen molar-refractivity contribution >= 4 is 21.6 Å². The SMILES string of the molecule is O=C(O)N1CCN(c2cccc3c2CCNC3S(=O)(=O)c2ccccc2)CC1. The number of hydrogen-bond acceptors (Lipinski definition) is 5. The van der Waals surface area contributed by atoms with Gasteiger partial charge in [0.1, 0.15) is 5.37 Å². The summed E-state index contributed by atoms with van der Waals surface area (Å²) in [6.07, 6.45) is -0.154. The Labute approximate surface area is 164 Å². The highest BCUT2D eigenvalue weighted by Crippen LogP contribution is 2.36. The Morgan fingerprint density at radius 3 is 2.39 bits per heavy atom. The largest absolute Gasteiger partial charge is 0.465 e. The van der Waals surface area contributed by atoms with Gasteiger partial charge < -0.3 is 14.9 Å². The van der Waals surface area contributed by atoms with Gasteiger partial charge in [0.15, 0.2) is 9.84 Å². The molecule has 1 saturated heterocycles. The van der Waals surface area contributed by atoms with Crippen molar-refractivity contribution in [2.24, 2.45) is 0 Å². The maximum atomic E-state index is 13.2. The van der Waals surface area contributed by atoms with Crippen LogP contribution in [0.5, 0.6) is 0 Å². The lowest BCUT2D eigenvalue weighted by Gasteiger charge is -2.37. The highest BCUT2D eigenvalue weighted by Gasteiger charge is 2.34. The third-order valence-electron chi connectivity index (χ3n) is 5.45. The van der Waals surface area contributed by atoms with Crippen LogP contribution in [0.15, 0.2) is 53.4 Å². The third-order valence-corrected chi connectivity index (χ3v) is 7.42. The minimum Gasteiger partial charge on any atom is -0.465 e. The fourth-order valence-electron chi connectivity index (χ4n) is 4.01. The molecule has 0 aliphatic carbocycles. The predicted octanol–water partition coefficient (Wildman–Crippen LogP) is 2.10. The average molecular weight is 401 g/mol. The minimum atomic E-state index is -3.56. The van der Waals surface area contributed by atoms with Gasteiger partial charge in [-0.2, -0.15) is 0 Å². The van der Waals surface area contributed by atoms with Crippen LogP contribution in [0, 0.1) is 0 Å². The highest BCUT2D eigenvalue weighted by molar-refractivity contribution is 7.91. The molecule has 8 heteroatoms. The number of anilines is 1. The van der Waals surface area contributed by atoms with Crippen LogP contribution >= 0.6 is 0 Å². The molecular weight excluding hydrogens is 378 g/mol. The predicted molar refractivity (Wildman–Crippen MR) is 106 cm³/mol. The molecule has 2 N–H and O–H groups in total.